The van der Waals surface area contributed by atoms with E-state index in [1.807, 2.05) is 12.1 Å². The Morgan fingerprint density at radius 2 is 1.21 bits per heavy atom. The number of hydrogen-bond acceptors (Lipinski definition) is 1. The quantitative estimate of drug-likeness (QED) is 0.636. The van der Waals surface area contributed by atoms with Gasteiger partial charge in [-0.2, -0.15) is 0 Å². The molecule has 0 aliphatic rings. The Labute approximate surface area is 131 Å². The lowest BCUT2D eigenvalue weighted by Crippen LogP contribution is -2.02. The molecule has 0 saturated heterocycles. The average Bonchev–Trinajstić information content (AvgIpc) is 2.38. The van der Waals surface area contributed by atoms with E-state index < -0.39 is 0 Å². The third-order valence-corrected chi connectivity index (χ3v) is 3.83. The summed E-state index contributed by atoms with van der Waals surface area (Å²) in [6.07, 6.45) is 1.91. The van der Waals surface area contributed by atoms with E-state index in [0.717, 1.165) is 35.0 Å². The van der Waals surface area contributed by atoms with Crippen molar-refractivity contribution in [3.8, 4) is 0 Å². The average molecular weight is 384 g/mol. The van der Waals surface area contributed by atoms with Crippen LogP contribution in [0.4, 0.5) is 0 Å². The standard InChI is InChI=1S/C16H16Br2O/c17-15-5-1-3-13(11-15)7-9-19-10-8-14-4-2-6-16(18)12-14/h1-6,11-12H,7-10H2. The number of rotatable bonds is 6. The Morgan fingerprint density at radius 3 is 1.63 bits per heavy atom. The molecule has 0 N–H and O–H groups in total. The smallest absolute Gasteiger partial charge is 0.0506 e. The van der Waals surface area contributed by atoms with Crippen molar-refractivity contribution in [2.24, 2.45) is 0 Å². The zero-order valence-electron chi connectivity index (χ0n) is 10.6. The zero-order valence-corrected chi connectivity index (χ0v) is 13.8. The topological polar surface area (TPSA) is 9.23 Å². The van der Waals surface area contributed by atoms with E-state index >= 15 is 0 Å². The second kappa shape index (κ2) is 7.83. The van der Waals surface area contributed by atoms with Crippen molar-refractivity contribution in [3.05, 3.63) is 68.6 Å². The first-order valence-electron chi connectivity index (χ1n) is 6.31. The maximum absolute atomic E-state index is 5.69. The van der Waals surface area contributed by atoms with Gasteiger partial charge in [0, 0.05) is 8.95 Å². The van der Waals surface area contributed by atoms with Crippen LogP contribution >= 0.6 is 31.9 Å². The van der Waals surface area contributed by atoms with Gasteiger partial charge in [-0.1, -0.05) is 56.1 Å². The lowest BCUT2D eigenvalue weighted by atomic mass is 10.1. The van der Waals surface area contributed by atoms with Crippen LogP contribution in [0.2, 0.25) is 0 Å². The monoisotopic (exact) mass is 382 g/mol. The maximum Gasteiger partial charge on any atom is 0.0506 e. The van der Waals surface area contributed by atoms with Crippen LogP contribution in [0.3, 0.4) is 0 Å². The Balaban J connectivity index is 1.67. The van der Waals surface area contributed by atoms with Gasteiger partial charge in [0.25, 0.3) is 0 Å². The van der Waals surface area contributed by atoms with Crippen molar-refractivity contribution in [2.45, 2.75) is 12.8 Å². The molecule has 19 heavy (non-hydrogen) atoms. The third kappa shape index (κ3) is 5.47. The van der Waals surface area contributed by atoms with Gasteiger partial charge >= 0.3 is 0 Å². The van der Waals surface area contributed by atoms with Gasteiger partial charge in [0.05, 0.1) is 13.2 Å². The van der Waals surface area contributed by atoms with Crippen LogP contribution in [-0.4, -0.2) is 13.2 Å². The number of benzene rings is 2. The molecule has 0 radical (unpaired) electrons. The molecule has 2 rings (SSSR count). The van der Waals surface area contributed by atoms with Crippen LogP contribution in [0, 0.1) is 0 Å². The molecule has 100 valence electrons. The van der Waals surface area contributed by atoms with Gasteiger partial charge in [0.2, 0.25) is 0 Å². The normalized spacial score (nSPS) is 10.6. The molecule has 0 aliphatic carbocycles. The summed E-state index contributed by atoms with van der Waals surface area (Å²) in [5.41, 5.74) is 2.61. The highest BCUT2D eigenvalue weighted by Gasteiger charge is 1.97. The van der Waals surface area contributed by atoms with Crippen LogP contribution in [0.25, 0.3) is 0 Å². The molecule has 0 atom stereocenters. The molecular weight excluding hydrogens is 368 g/mol. The molecule has 0 heterocycles. The molecule has 0 aromatic heterocycles. The van der Waals surface area contributed by atoms with Crippen LogP contribution in [0.5, 0.6) is 0 Å². The second-order valence-electron chi connectivity index (χ2n) is 4.37. The van der Waals surface area contributed by atoms with Gasteiger partial charge in [-0.25, -0.2) is 0 Å². The molecule has 0 saturated carbocycles. The Hall–Kier alpha value is -0.640. The van der Waals surface area contributed by atoms with Gasteiger partial charge in [-0.05, 0) is 48.2 Å². The van der Waals surface area contributed by atoms with Crippen LogP contribution in [0.15, 0.2) is 57.5 Å². The van der Waals surface area contributed by atoms with Gasteiger partial charge in [-0.15, -0.1) is 0 Å². The van der Waals surface area contributed by atoms with Crippen molar-refractivity contribution in [3.63, 3.8) is 0 Å². The molecule has 0 fully saturated rings. The van der Waals surface area contributed by atoms with E-state index in [0.29, 0.717) is 0 Å². The first-order chi connectivity index (χ1) is 9.24. The predicted octanol–water partition coefficient (Wildman–Crippen LogP) is 5.01. The SMILES string of the molecule is Brc1cccc(CCOCCc2cccc(Br)c2)c1. The Kier molecular flexibility index (Phi) is 6.08. The van der Waals surface area contributed by atoms with E-state index in [1.54, 1.807) is 0 Å². The van der Waals surface area contributed by atoms with Gasteiger partial charge in [0.15, 0.2) is 0 Å². The lowest BCUT2D eigenvalue weighted by Gasteiger charge is -2.05. The van der Waals surface area contributed by atoms with Crippen LogP contribution < -0.4 is 0 Å². The summed E-state index contributed by atoms with van der Waals surface area (Å²) < 4.78 is 7.94. The minimum absolute atomic E-state index is 0.768. The zero-order chi connectivity index (χ0) is 13.5. The molecule has 0 bridgehead atoms. The molecule has 0 aliphatic heterocycles. The second-order valence-corrected chi connectivity index (χ2v) is 6.20. The summed E-state index contributed by atoms with van der Waals surface area (Å²) in [6, 6.07) is 16.7. The predicted molar refractivity (Wildman–Crippen MR) is 86.5 cm³/mol. The summed E-state index contributed by atoms with van der Waals surface area (Å²) in [5, 5.41) is 0. The van der Waals surface area contributed by atoms with Crippen molar-refractivity contribution < 1.29 is 4.74 Å². The van der Waals surface area contributed by atoms with E-state index in [2.05, 4.69) is 68.3 Å². The fourth-order valence-corrected chi connectivity index (χ4v) is 2.76. The van der Waals surface area contributed by atoms with E-state index in [9.17, 15) is 0 Å². The summed E-state index contributed by atoms with van der Waals surface area (Å²) in [5.74, 6) is 0. The van der Waals surface area contributed by atoms with Crippen LogP contribution in [-0.2, 0) is 17.6 Å². The molecule has 1 nitrogen and oxygen atoms in total. The largest absolute Gasteiger partial charge is 0.381 e. The molecule has 2 aromatic rings. The van der Waals surface area contributed by atoms with E-state index in [1.165, 1.54) is 11.1 Å². The van der Waals surface area contributed by atoms with Crippen molar-refractivity contribution in [2.75, 3.05) is 13.2 Å². The van der Waals surface area contributed by atoms with Crippen molar-refractivity contribution in [1.82, 2.24) is 0 Å². The summed E-state index contributed by atoms with van der Waals surface area (Å²) in [7, 11) is 0. The van der Waals surface area contributed by atoms with Crippen LogP contribution in [0.1, 0.15) is 11.1 Å². The molecule has 3 heteroatoms. The fourth-order valence-electron chi connectivity index (χ4n) is 1.87. The Morgan fingerprint density at radius 1 is 0.737 bits per heavy atom. The molecule has 0 spiro atoms. The number of hydrogen-bond donors (Lipinski definition) is 0. The summed E-state index contributed by atoms with van der Waals surface area (Å²) in [6.45, 7) is 1.54. The van der Waals surface area contributed by atoms with Gasteiger partial charge in [0.1, 0.15) is 0 Å². The Bertz CT molecular complexity index is 478. The first-order valence-corrected chi connectivity index (χ1v) is 7.89. The lowest BCUT2D eigenvalue weighted by molar-refractivity contribution is 0.140. The number of halogens is 2. The minimum atomic E-state index is 0.768. The summed E-state index contributed by atoms with van der Waals surface area (Å²) in [4.78, 5) is 0. The summed E-state index contributed by atoms with van der Waals surface area (Å²) >= 11 is 6.95. The third-order valence-electron chi connectivity index (χ3n) is 2.85. The van der Waals surface area contributed by atoms with E-state index in [-0.39, 0.29) is 0 Å². The van der Waals surface area contributed by atoms with Gasteiger partial charge < -0.3 is 4.74 Å². The molecule has 0 unspecified atom stereocenters. The molecule has 2 aromatic carbocycles. The van der Waals surface area contributed by atoms with Crippen molar-refractivity contribution >= 4 is 31.9 Å². The fraction of sp³-hybridized carbons (Fsp3) is 0.250. The van der Waals surface area contributed by atoms with Gasteiger partial charge in [-0.3, -0.25) is 0 Å². The minimum Gasteiger partial charge on any atom is -0.381 e. The maximum atomic E-state index is 5.69. The highest BCUT2D eigenvalue weighted by molar-refractivity contribution is 9.10. The van der Waals surface area contributed by atoms with Crippen molar-refractivity contribution in [1.29, 1.82) is 0 Å². The molecular formula is C16H16Br2O. The highest BCUT2D eigenvalue weighted by Crippen LogP contribution is 2.13. The molecule has 0 amide bonds. The highest BCUT2D eigenvalue weighted by atomic mass is 79.9. The first kappa shape index (κ1) is 14.8. The van der Waals surface area contributed by atoms with E-state index in [4.69, 9.17) is 4.74 Å². The number of ether oxygens (including phenoxy) is 1.